The van der Waals surface area contributed by atoms with Crippen LogP contribution in [0, 0.1) is 29.1 Å². The number of carbonyl (C=O) groups excluding carboxylic acids is 12. The minimum Gasteiger partial charge on any atom is -0.481 e. The van der Waals surface area contributed by atoms with Crippen LogP contribution in [0.3, 0.4) is 0 Å². The van der Waals surface area contributed by atoms with Gasteiger partial charge in [-0.25, -0.2) is 14.8 Å². The second kappa shape index (κ2) is 45.8. The Labute approximate surface area is 641 Å². The van der Waals surface area contributed by atoms with Gasteiger partial charge in [0.05, 0.1) is 49.4 Å². The maximum Gasteiger partial charge on any atom is 0.326 e. The highest BCUT2D eigenvalue weighted by Crippen LogP contribution is 2.21. The third kappa shape index (κ3) is 30.3. The number of aliphatic hydroxyl groups excluding tert-OH is 3. The second-order valence-corrected chi connectivity index (χ2v) is 28.3. The van der Waals surface area contributed by atoms with E-state index in [2.05, 4.69) is 94.0 Å². The van der Waals surface area contributed by atoms with Crippen LogP contribution >= 0.6 is 0 Å². The topological polar surface area (TPSA) is 646 Å². The summed E-state index contributed by atoms with van der Waals surface area (Å²) in [6.07, 6.45) is 3.74. The second-order valence-electron chi connectivity index (χ2n) is 28.3. The van der Waals surface area contributed by atoms with Crippen LogP contribution in [0.4, 0.5) is 0 Å². The molecule has 0 bridgehead atoms. The van der Waals surface area contributed by atoms with E-state index in [1.54, 1.807) is 78.9 Å². The summed E-state index contributed by atoms with van der Waals surface area (Å²) in [6, 6.07) is -13.4. The average Bonchev–Trinajstić information content (AvgIpc) is 1.77. The summed E-state index contributed by atoms with van der Waals surface area (Å²) >= 11 is 0. The van der Waals surface area contributed by atoms with E-state index in [0.717, 1.165) is 6.92 Å². The lowest BCUT2D eigenvalue weighted by atomic mass is 9.96. The molecule has 16 atom stereocenters. The van der Waals surface area contributed by atoms with E-state index in [-0.39, 0.29) is 87.1 Å². The zero-order valence-corrected chi connectivity index (χ0v) is 64.0. The van der Waals surface area contributed by atoms with E-state index in [1.807, 2.05) is 6.92 Å². The number of carboxylic acids is 2. The quantitative estimate of drug-likeness (QED) is 0.0113. The van der Waals surface area contributed by atoms with Crippen LogP contribution in [0.1, 0.15) is 138 Å². The molecule has 0 saturated carbocycles. The van der Waals surface area contributed by atoms with Crippen LogP contribution in [-0.2, 0) is 86.4 Å². The Morgan fingerprint density at radius 2 is 0.910 bits per heavy atom. The Bertz CT molecular complexity index is 3780. The van der Waals surface area contributed by atoms with Crippen LogP contribution in [0.2, 0.25) is 0 Å². The van der Waals surface area contributed by atoms with Crippen LogP contribution in [-0.4, -0.2) is 244 Å². The largest absolute Gasteiger partial charge is 0.481 e. The van der Waals surface area contributed by atoms with Crippen molar-refractivity contribution >= 4 is 99.7 Å². The summed E-state index contributed by atoms with van der Waals surface area (Å²) in [5.41, 5.74) is 13.2. The van der Waals surface area contributed by atoms with Gasteiger partial charge in [-0.3, -0.25) is 67.7 Å². The SMILES string of the molecule is CC[C@H](C)[C@H](N)C(=O)N[C@H](C(=O)N[C@@H](Cc1c[nH]cn1)C(=O)N[C@@H](CCCNC(=N)N)C(=O)N[C@H](C(=O)N[C@@H](Cc1c[nH]cn1)C(=O)N[C@@H](Cc1c[nH]c2ccccc12)C(=O)N[C@@H](CCC(=O)O)C(=O)N[C@@H](CO)C(=O)N[C@@H](C)C(=O)N[C@@H](CO)C(=O)N[C@@H](CC(C)C)C(=O)N[C@@H](CC(C)C)C(=O)O)[C@@H](C)CC)[C@@H](C)O. The normalized spacial score (nSPS) is 15.7. The van der Waals surface area contributed by atoms with Crippen molar-refractivity contribution in [3.63, 3.8) is 0 Å². The number of nitrogens with two attached hydrogens (primary N) is 2. The molecule has 0 saturated heterocycles. The summed E-state index contributed by atoms with van der Waals surface area (Å²) in [5.74, 6) is -16.8. The summed E-state index contributed by atoms with van der Waals surface area (Å²) < 4.78 is 0. The zero-order valence-electron chi connectivity index (χ0n) is 64.0. The van der Waals surface area contributed by atoms with Gasteiger partial charge < -0.3 is 121 Å². The smallest absolute Gasteiger partial charge is 0.326 e. The van der Waals surface area contributed by atoms with Crippen molar-refractivity contribution in [2.75, 3.05) is 19.8 Å². The van der Waals surface area contributed by atoms with Crippen LogP contribution in [0.25, 0.3) is 10.9 Å². The number of aromatic amines is 3. The molecular formula is C71H111N21O19. The third-order valence-corrected chi connectivity index (χ3v) is 18.3. The van der Waals surface area contributed by atoms with Crippen molar-refractivity contribution in [1.82, 2.24) is 94.0 Å². The number of para-hydroxylation sites is 1. The molecule has 4 aromatic rings. The number of aromatic nitrogens is 5. The summed E-state index contributed by atoms with van der Waals surface area (Å²) in [5, 5.41) is 91.6. The predicted octanol–water partition coefficient (Wildman–Crippen LogP) is -4.43. The van der Waals surface area contributed by atoms with Gasteiger partial charge in [-0.15, -0.1) is 0 Å². The van der Waals surface area contributed by atoms with Crippen molar-refractivity contribution in [3.05, 3.63) is 72.5 Å². The average molecular weight is 1560 g/mol. The van der Waals surface area contributed by atoms with Gasteiger partial charge in [0.15, 0.2) is 5.96 Å². The van der Waals surface area contributed by atoms with Crippen LogP contribution < -0.4 is 80.6 Å². The molecule has 4 rings (SSSR count). The fourth-order valence-electron chi connectivity index (χ4n) is 11.4. The number of benzene rings is 1. The van der Waals surface area contributed by atoms with E-state index in [0.29, 0.717) is 22.9 Å². The van der Waals surface area contributed by atoms with Gasteiger partial charge in [-0.05, 0) is 81.3 Å². The first-order valence-corrected chi connectivity index (χ1v) is 36.7. The Hall–Kier alpha value is -11.1. The Morgan fingerprint density at radius 3 is 1.41 bits per heavy atom. The van der Waals surface area contributed by atoms with Gasteiger partial charge in [0.25, 0.3) is 0 Å². The van der Waals surface area contributed by atoms with Gasteiger partial charge in [-0.1, -0.05) is 86.4 Å². The number of nitrogens with zero attached hydrogens (tertiary/aromatic N) is 2. The molecule has 0 unspecified atom stereocenters. The number of guanidine groups is 1. The molecule has 0 aliphatic heterocycles. The number of nitrogens with one attached hydrogen (secondary N) is 17. The summed E-state index contributed by atoms with van der Waals surface area (Å²) in [6.45, 7) is 14.0. The lowest BCUT2D eigenvalue weighted by Crippen LogP contribution is -2.62. The van der Waals surface area contributed by atoms with Crippen molar-refractivity contribution in [3.8, 4) is 0 Å². The van der Waals surface area contributed by atoms with Crippen molar-refractivity contribution in [1.29, 1.82) is 5.41 Å². The Kier molecular flexibility index (Phi) is 38.0. The third-order valence-electron chi connectivity index (χ3n) is 18.3. The van der Waals surface area contributed by atoms with Crippen molar-refractivity contribution in [2.45, 2.75) is 225 Å². The summed E-state index contributed by atoms with van der Waals surface area (Å²) in [7, 11) is 0. The fourth-order valence-corrected chi connectivity index (χ4v) is 11.4. The molecular weight excluding hydrogens is 1450 g/mol. The highest BCUT2D eigenvalue weighted by Gasteiger charge is 2.39. The highest BCUT2D eigenvalue weighted by atomic mass is 16.4. The van der Waals surface area contributed by atoms with Gasteiger partial charge in [0.2, 0.25) is 70.9 Å². The first-order chi connectivity index (χ1) is 52.4. The molecule has 0 aliphatic rings. The number of carbonyl (C=O) groups is 14. The minimum absolute atomic E-state index is 0.0174. The molecule has 0 aliphatic carbocycles. The number of aliphatic hydroxyl groups is 3. The van der Waals surface area contributed by atoms with E-state index in [1.165, 1.54) is 32.0 Å². The predicted molar refractivity (Wildman–Crippen MR) is 401 cm³/mol. The van der Waals surface area contributed by atoms with Gasteiger partial charge in [-0.2, -0.15) is 0 Å². The molecule has 40 nitrogen and oxygen atoms in total. The van der Waals surface area contributed by atoms with Gasteiger partial charge in [0.1, 0.15) is 72.5 Å². The lowest BCUT2D eigenvalue weighted by Gasteiger charge is -2.30. The number of carboxylic acid groups (broad SMARTS) is 2. The maximum absolute atomic E-state index is 15.1. The standard InChI is InChI=1S/C71H111N21O19/c1-11-36(7)55(72)67(107)92-57(39(10)95)69(109)87-49(25-41-28-75-32-79-41)63(103)82-45(18-15-21-77-71(73)74)60(100)91-56(37(8)12-2)68(108)86-50(26-42-29-76-33-80-42)64(104)85-48(24-40-27-78-44-17-14-13-16-43(40)44)62(102)83-46(19-20-54(96)97)59(99)90-52(30-93)65(105)81-38(9)58(98)89-53(31-94)66(106)84-47(22-34(3)4)61(101)88-51(70(110)111)23-35(5)6/h13-14,16-17,27-29,32-39,45-53,55-57,78,93-95H,11-12,15,18-26,30-31,72H2,1-10H3,(H,75,79)(H,76,80)(H,81,105)(H,82,103)(H,83,102)(H,84,106)(H,85,104)(H,86,108)(H,87,109)(H,88,101)(H,89,98)(H,90,99)(H,91,100)(H,92,107)(H,96,97)(H,110,111)(H4,73,74,77)/t36-,37-,38-,39+,45-,46-,47-,48-,49-,50-,51-,52-,53-,55-,56-,57-/m0/s1. The number of hydrogen-bond acceptors (Lipinski definition) is 21. The minimum atomic E-state index is -1.92. The number of amides is 12. The molecule has 40 heteroatoms. The first-order valence-electron chi connectivity index (χ1n) is 36.7. The molecule has 12 amide bonds. The van der Waals surface area contributed by atoms with E-state index in [9.17, 15) is 87.9 Å². The van der Waals surface area contributed by atoms with E-state index >= 15 is 4.79 Å². The molecule has 111 heavy (non-hydrogen) atoms. The number of hydrogen-bond donors (Lipinski definition) is 24. The molecule has 0 radical (unpaired) electrons. The highest BCUT2D eigenvalue weighted by molar-refractivity contribution is 6.00. The number of H-pyrrole nitrogens is 3. The number of fused-ring (bicyclic) bond motifs is 1. The summed E-state index contributed by atoms with van der Waals surface area (Å²) in [4.78, 5) is 211. The molecule has 3 aromatic heterocycles. The van der Waals surface area contributed by atoms with E-state index in [4.69, 9.17) is 16.9 Å². The first kappa shape index (κ1) is 92.3. The molecule has 0 spiro atoms. The maximum atomic E-state index is 15.1. The number of imidazole rings is 2. The van der Waals surface area contributed by atoms with Gasteiger partial charge in [0, 0.05) is 61.7 Å². The van der Waals surface area contributed by atoms with Gasteiger partial charge >= 0.3 is 11.9 Å². The Morgan fingerprint density at radius 1 is 0.486 bits per heavy atom. The van der Waals surface area contributed by atoms with Crippen molar-refractivity contribution < 1.29 is 92.7 Å². The van der Waals surface area contributed by atoms with Crippen molar-refractivity contribution in [2.24, 2.45) is 35.1 Å². The number of aliphatic carboxylic acids is 2. The molecule has 26 N–H and O–H groups in total. The Balaban J connectivity index is 1.64. The van der Waals surface area contributed by atoms with Crippen LogP contribution in [0.15, 0.2) is 55.5 Å². The van der Waals surface area contributed by atoms with E-state index < -0.39 is 205 Å². The monoisotopic (exact) mass is 1560 g/mol. The molecule has 3 heterocycles. The number of rotatable bonds is 49. The van der Waals surface area contributed by atoms with Crippen LogP contribution in [0.5, 0.6) is 0 Å². The zero-order chi connectivity index (χ0) is 82.9. The molecule has 614 valence electrons. The molecule has 0 fully saturated rings. The lowest BCUT2D eigenvalue weighted by molar-refractivity contribution is -0.143. The molecule has 1 aromatic carbocycles. The fraction of sp³-hybridized carbons (Fsp3) is 0.592.